The molecule has 0 amide bonds. The van der Waals surface area contributed by atoms with Gasteiger partial charge in [-0.3, -0.25) is 0 Å². The summed E-state index contributed by atoms with van der Waals surface area (Å²) in [6.45, 7) is 5.48. The Labute approximate surface area is 104 Å². The molecule has 92 valence electrons. The Morgan fingerprint density at radius 1 is 1.24 bits per heavy atom. The third kappa shape index (κ3) is 2.22. The van der Waals surface area contributed by atoms with E-state index in [1.807, 2.05) is 7.05 Å². The molecule has 1 aromatic heterocycles. The van der Waals surface area contributed by atoms with Crippen LogP contribution in [0.2, 0.25) is 0 Å². The summed E-state index contributed by atoms with van der Waals surface area (Å²) >= 11 is 0. The minimum absolute atomic E-state index is 1.08. The number of nitrogens with one attached hydrogen (secondary N) is 1. The molecule has 1 heterocycles. The SMILES string of the molecule is CNCCCc1c(C)n(C)c2ccc(C)cc12. The first kappa shape index (κ1) is 12.2. The third-order valence-electron chi connectivity index (χ3n) is 3.63. The van der Waals surface area contributed by atoms with Crippen LogP contribution in [-0.2, 0) is 13.5 Å². The van der Waals surface area contributed by atoms with Crippen LogP contribution in [0.5, 0.6) is 0 Å². The minimum atomic E-state index is 1.08. The van der Waals surface area contributed by atoms with Gasteiger partial charge in [0.25, 0.3) is 0 Å². The van der Waals surface area contributed by atoms with Crippen LogP contribution in [0.25, 0.3) is 10.9 Å². The van der Waals surface area contributed by atoms with Gasteiger partial charge in [-0.1, -0.05) is 11.6 Å². The lowest BCUT2D eigenvalue weighted by Gasteiger charge is -2.02. The molecule has 0 unspecified atom stereocenters. The standard InChI is InChI=1S/C15H22N2/c1-11-7-8-15-14(10-11)13(6-5-9-16-3)12(2)17(15)4/h7-8,10,16H,5-6,9H2,1-4H3. The van der Waals surface area contributed by atoms with Gasteiger partial charge >= 0.3 is 0 Å². The van der Waals surface area contributed by atoms with Gasteiger partial charge in [-0.15, -0.1) is 0 Å². The lowest BCUT2D eigenvalue weighted by atomic mass is 10.0. The van der Waals surface area contributed by atoms with Gasteiger partial charge in [-0.05, 0) is 58.0 Å². The van der Waals surface area contributed by atoms with Crippen molar-refractivity contribution in [3.63, 3.8) is 0 Å². The number of aryl methyl sites for hydroxylation is 3. The van der Waals surface area contributed by atoms with E-state index >= 15 is 0 Å². The first-order valence-electron chi connectivity index (χ1n) is 6.34. The average molecular weight is 230 g/mol. The van der Waals surface area contributed by atoms with Crippen LogP contribution in [0.1, 0.15) is 23.2 Å². The predicted molar refractivity (Wildman–Crippen MR) is 74.6 cm³/mol. The Morgan fingerprint density at radius 2 is 2.00 bits per heavy atom. The van der Waals surface area contributed by atoms with Crippen molar-refractivity contribution in [3.8, 4) is 0 Å². The molecule has 1 aromatic carbocycles. The second-order valence-corrected chi connectivity index (χ2v) is 4.85. The minimum Gasteiger partial charge on any atom is -0.348 e. The molecule has 0 saturated carbocycles. The van der Waals surface area contributed by atoms with Crippen molar-refractivity contribution in [1.82, 2.24) is 9.88 Å². The quantitative estimate of drug-likeness (QED) is 0.799. The Balaban J connectivity index is 2.45. The molecule has 0 radical (unpaired) electrons. The maximum Gasteiger partial charge on any atom is 0.0482 e. The van der Waals surface area contributed by atoms with Gasteiger partial charge in [-0.2, -0.15) is 0 Å². The summed E-state index contributed by atoms with van der Waals surface area (Å²) in [7, 11) is 4.18. The van der Waals surface area contributed by atoms with E-state index in [0.717, 1.165) is 13.0 Å². The van der Waals surface area contributed by atoms with E-state index in [1.54, 1.807) is 0 Å². The lowest BCUT2D eigenvalue weighted by Crippen LogP contribution is -2.08. The maximum atomic E-state index is 3.22. The third-order valence-corrected chi connectivity index (χ3v) is 3.63. The molecule has 17 heavy (non-hydrogen) atoms. The zero-order chi connectivity index (χ0) is 12.4. The lowest BCUT2D eigenvalue weighted by molar-refractivity contribution is 0.722. The van der Waals surface area contributed by atoms with Gasteiger partial charge in [0.2, 0.25) is 0 Å². The van der Waals surface area contributed by atoms with Gasteiger partial charge in [0.05, 0.1) is 0 Å². The molecule has 0 saturated heterocycles. The predicted octanol–water partition coefficient (Wildman–Crippen LogP) is 2.95. The number of hydrogen-bond acceptors (Lipinski definition) is 1. The van der Waals surface area contributed by atoms with E-state index in [2.05, 4.69) is 49.0 Å². The Bertz CT molecular complexity index is 523. The monoisotopic (exact) mass is 230 g/mol. The van der Waals surface area contributed by atoms with Crippen LogP contribution in [0.15, 0.2) is 18.2 Å². The Hall–Kier alpha value is -1.28. The van der Waals surface area contributed by atoms with Crippen LogP contribution in [-0.4, -0.2) is 18.2 Å². The van der Waals surface area contributed by atoms with E-state index in [4.69, 9.17) is 0 Å². The molecular weight excluding hydrogens is 208 g/mol. The Morgan fingerprint density at radius 3 is 2.71 bits per heavy atom. The van der Waals surface area contributed by atoms with E-state index in [1.165, 1.54) is 34.1 Å². The van der Waals surface area contributed by atoms with Gasteiger partial charge in [0, 0.05) is 23.6 Å². The highest BCUT2D eigenvalue weighted by Gasteiger charge is 2.11. The first-order chi connectivity index (χ1) is 8.15. The van der Waals surface area contributed by atoms with E-state index < -0.39 is 0 Å². The molecule has 0 fully saturated rings. The summed E-state index contributed by atoms with van der Waals surface area (Å²) in [5.74, 6) is 0. The zero-order valence-electron chi connectivity index (χ0n) is 11.3. The molecule has 0 atom stereocenters. The fourth-order valence-corrected chi connectivity index (χ4v) is 2.52. The summed E-state index contributed by atoms with van der Waals surface area (Å²) < 4.78 is 2.31. The topological polar surface area (TPSA) is 17.0 Å². The van der Waals surface area contributed by atoms with Crippen LogP contribution >= 0.6 is 0 Å². The molecule has 0 bridgehead atoms. The smallest absolute Gasteiger partial charge is 0.0482 e. The second kappa shape index (κ2) is 4.92. The number of fused-ring (bicyclic) bond motifs is 1. The number of aromatic nitrogens is 1. The molecule has 2 aromatic rings. The molecule has 1 N–H and O–H groups in total. The molecule has 0 aliphatic heterocycles. The highest BCUT2D eigenvalue weighted by molar-refractivity contribution is 5.86. The summed E-state index contributed by atoms with van der Waals surface area (Å²) in [5.41, 5.74) is 5.62. The van der Waals surface area contributed by atoms with E-state index in [9.17, 15) is 0 Å². The maximum absolute atomic E-state index is 3.22. The van der Waals surface area contributed by atoms with Crippen LogP contribution in [0, 0.1) is 13.8 Å². The number of rotatable bonds is 4. The van der Waals surface area contributed by atoms with Crippen LogP contribution < -0.4 is 5.32 Å². The highest BCUT2D eigenvalue weighted by Crippen LogP contribution is 2.26. The first-order valence-corrected chi connectivity index (χ1v) is 6.34. The molecule has 0 spiro atoms. The highest BCUT2D eigenvalue weighted by atomic mass is 14.9. The molecule has 0 aliphatic rings. The average Bonchev–Trinajstić information content (AvgIpc) is 2.54. The normalized spacial score (nSPS) is 11.3. The summed E-state index contributed by atoms with van der Waals surface area (Å²) in [4.78, 5) is 0. The van der Waals surface area contributed by atoms with E-state index in [-0.39, 0.29) is 0 Å². The molecular formula is C15H22N2. The summed E-state index contributed by atoms with van der Waals surface area (Å²) in [6, 6.07) is 6.75. The van der Waals surface area contributed by atoms with Crippen LogP contribution in [0.4, 0.5) is 0 Å². The molecule has 2 rings (SSSR count). The van der Waals surface area contributed by atoms with Crippen molar-refractivity contribution in [2.24, 2.45) is 7.05 Å². The van der Waals surface area contributed by atoms with Crippen molar-refractivity contribution in [2.75, 3.05) is 13.6 Å². The molecule has 0 aliphatic carbocycles. The van der Waals surface area contributed by atoms with Crippen molar-refractivity contribution in [3.05, 3.63) is 35.0 Å². The molecule has 2 heteroatoms. The van der Waals surface area contributed by atoms with Gasteiger partial charge < -0.3 is 9.88 Å². The van der Waals surface area contributed by atoms with Crippen molar-refractivity contribution in [2.45, 2.75) is 26.7 Å². The largest absolute Gasteiger partial charge is 0.348 e. The van der Waals surface area contributed by atoms with Crippen molar-refractivity contribution >= 4 is 10.9 Å². The second-order valence-electron chi connectivity index (χ2n) is 4.85. The van der Waals surface area contributed by atoms with Crippen LogP contribution in [0.3, 0.4) is 0 Å². The van der Waals surface area contributed by atoms with Crippen molar-refractivity contribution < 1.29 is 0 Å². The number of nitrogens with zero attached hydrogens (tertiary/aromatic N) is 1. The molecule has 2 nitrogen and oxygen atoms in total. The van der Waals surface area contributed by atoms with E-state index in [0.29, 0.717) is 0 Å². The van der Waals surface area contributed by atoms with Gasteiger partial charge in [0.15, 0.2) is 0 Å². The fraction of sp³-hybridized carbons (Fsp3) is 0.467. The zero-order valence-corrected chi connectivity index (χ0v) is 11.3. The number of hydrogen-bond donors (Lipinski definition) is 1. The van der Waals surface area contributed by atoms with Gasteiger partial charge in [-0.25, -0.2) is 0 Å². The summed E-state index contributed by atoms with van der Waals surface area (Å²) in [5, 5.41) is 4.65. The fourth-order valence-electron chi connectivity index (χ4n) is 2.52. The van der Waals surface area contributed by atoms with Crippen molar-refractivity contribution in [1.29, 1.82) is 0 Å². The number of benzene rings is 1. The van der Waals surface area contributed by atoms with Gasteiger partial charge in [0.1, 0.15) is 0 Å². The Kier molecular flexibility index (Phi) is 3.53. The summed E-state index contributed by atoms with van der Waals surface area (Å²) in [6.07, 6.45) is 2.36.